The van der Waals surface area contributed by atoms with Crippen molar-refractivity contribution in [2.24, 2.45) is 13.0 Å². The predicted molar refractivity (Wildman–Crippen MR) is 59.4 cm³/mol. The third-order valence-corrected chi connectivity index (χ3v) is 3.28. The summed E-state index contributed by atoms with van der Waals surface area (Å²) in [6.07, 6.45) is 4.26. The van der Waals surface area contributed by atoms with E-state index in [-0.39, 0.29) is 17.9 Å². The summed E-state index contributed by atoms with van der Waals surface area (Å²) in [7, 11) is 3.46. The van der Waals surface area contributed by atoms with E-state index in [0.717, 1.165) is 0 Å². The highest BCUT2D eigenvalue weighted by molar-refractivity contribution is 5.94. The van der Waals surface area contributed by atoms with Gasteiger partial charge in [-0.3, -0.25) is 14.3 Å². The molecule has 1 aromatic heterocycles. The Labute approximate surface area is 98.8 Å². The van der Waals surface area contributed by atoms with Crippen LogP contribution >= 0.6 is 0 Å². The zero-order chi connectivity index (χ0) is 12.6. The number of amides is 1. The fourth-order valence-electron chi connectivity index (χ4n) is 2.01. The molecule has 92 valence electrons. The molecule has 6 nitrogen and oxygen atoms in total. The Kier molecular flexibility index (Phi) is 2.87. The van der Waals surface area contributed by atoms with Gasteiger partial charge in [0.2, 0.25) is 0 Å². The highest BCUT2D eigenvalue weighted by Crippen LogP contribution is 2.31. The van der Waals surface area contributed by atoms with Gasteiger partial charge in [-0.25, -0.2) is 0 Å². The van der Waals surface area contributed by atoms with Gasteiger partial charge in [0, 0.05) is 26.3 Å². The van der Waals surface area contributed by atoms with Gasteiger partial charge in [-0.05, 0) is 12.8 Å². The summed E-state index contributed by atoms with van der Waals surface area (Å²) in [6, 6.07) is 0.0313. The van der Waals surface area contributed by atoms with Gasteiger partial charge in [0.25, 0.3) is 5.91 Å². The third kappa shape index (κ3) is 2.15. The van der Waals surface area contributed by atoms with Crippen LogP contribution in [-0.2, 0) is 11.8 Å². The monoisotopic (exact) mass is 237 g/mol. The first-order valence-corrected chi connectivity index (χ1v) is 5.47. The average molecular weight is 237 g/mol. The first kappa shape index (κ1) is 11.6. The van der Waals surface area contributed by atoms with Crippen LogP contribution in [-0.4, -0.2) is 44.8 Å². The van der Waals surface area contributed by atoms with E-state index in [1.165, 1.54) is 6.20 Å². The second-order valence-corrected chi connectivity index (χ2v) is 4.48. The van der Waals surface area contributed by atoms with Crippen LogP contribution in [0.5, 0.6) is 0 Å². The molecule has 0 saturated heterocycles. The summed E-state index contributed by atoms with van der Waals surface area (Å²) < 4.78 is 1.57. The molecule has 0 atom stereocenters. The van der Waals surface area contributed by atoms with Crippen molar-refractivity contribution in [3.8, 4) is 0 Å². The number of carboxylic acids is 1. The molecule has 1 N–H and O–H groups in total. The number of hydrogen-bond acceptors (Lipinski definition) is 3. The van der Waals surface area contributed by atoms with Crippen molar-refractivity contribution >= 4 is 11.9 Å². The van der Waals surface area contributed by atoms with E-state index < -0.39 is 5.97 Å². The lowest BCUT2D eigenvalue weighted by Gasteiger charge is -2.38. The van der Waals surface area contributed by atoms with Crippen LogP contribution < -0.4 is 0 Å². The fourth-order valence-corrected chi connectivity index (χ4v) is 2.01. The Bertz CT molecular complexity index is 449. The van der Waals surface area contributed by atoms with Gasteiger partial charge in [-0.2, -0.15) is 5.10 Å². The number of aliphatic carboxylic acids is 1. The Morgan fingerprint density at radius 3 is 2.65 bits per heavy atom. The Balaban J connectivity index is 1.95. The highest BCUT2D eigenvalue weighted by Gasteiger charge is 2.38. The zero-order valence-electron chi connectivity index (χ0n) is 9.83. The van der Waals surface area contributed by atoms with Gasteiger partial charge in [-0.1, -0.05) is 0 Å². The van der Waals surface area contributed by atoms with Gasteiger partial charge >= 0.3 is 5.97 Å². The van der Waals surface area contributed by atoms with E-state index >= 15 is 0 Å². The normalized spacial score (nSPS) is 22.9. The van der Waals surface area contributed by atoms with Crippen molar-refractivity contribution in [3.05, 3.63) is 18.0 Å². The molecule has 17 heavy (non-hydrogen) atoms. The van der Waals surface area contributed by atoms with E-state index in [2.05, 4.69) is 5.10 Å². The molecule has 1 amide bonds. The molecule has 1 aromatic rings. The van der Waals surface area contributed by atoms with E-state index in [1.807, 2.05) is 0 Å². The number of carboxylic acid groups (broad SMARTS) is 1. The highest BCUT2D eigenvalue weighted by atomic mass is 16.4. The van der Waals surface area contributed by atoms with Gasteiger partial charge in [0.05, 0.1) is 17.7 Å². The number of rotatable bonds is 3. The first-order valence-electron chi connectivity index (χ1n) is 5.47. The molecule has 0 spiro atoms. The topological polar surface area (TPSA) is 75.4 Å². The van der Waals surface area contributed by atoms with Gasteiger partial charge in [-0.15, -0.1) is 0 Å². The van der Waals surface area contributed by atoms with Crippen molar-refractivity contribution in [2.75, 3.05) is 7.05 Å². The van der Waals surface area contributed by atoms with Crippen molar-refractivity contribution in [2.45, 2.75) is 18.9 Å². The Morgan fingerprint density at radius 1 is 1.53 bits per heavy atom. The van der Waals surface area contributed by atoms with Crippen molar-refractivity contribution < 1.29 is 14.7 Å². The second kappa shape index (κ2) is 4.20. The maximum atomic E-state index is 12.0. The SMILES string of the molecule is CN(C(=O)c1cnn(C)c1)C1CC(C(=O)O)C1. The summed E-state index contributed by atoms with van der Waals surface area (Å²) in [4.78, 5) is 24.3. The molecule has 1 heterocycles. The summed E-state index contributed by atoms with van der Waals surface area (Å²) in [5.41, 5.74) is 0.536. The van der Waals surface area contributed by atoms with Crippen molar-refractivity contribution in [1.82, 2.24) is 14.7 Å². The number of carbonyl (C=O) groups excluding carboxylic acids is 1. The molecule has 6 heteroatoms. The first-order chi connectivity index (χ1) is 7.99. The zero-order valence-corrected chi connectivity index (χ0v) is 9.83. The van der Waals surface area contributed by atoms with Crippen molar-refractivity contribution in [1.29, 1.82) is 0 Å². The number of aryl methyl sites for hydroxylation is 1. The molecular weight excluding hydrogens is 222 g/mol. The minimum atomic E-state index is -0.775. The number of aromatic nitrogens is 2. The quantitative estimate of drug-likeness (QED) is 0.823. The lowest BCUT2D eigenvalue weighted by Crippen LogP contribution is -2.47. The molecule has 1 fully saturated rings. The summed E-state index contributed by atoms with van der Waals surface area (Å²) in [6.45, 7) is 0. The Morgan fingerprint density at radius 2 is 2.18 bits per heavy atom. The lowest BCUT2D eigenvalue weighted by molar-refractivity contribution is -0.146. The van der Waals surface area contributed by atoms with E-state index in [9.17, 15) is 9.59 Å². The van der Waals surface area contributed by atoms with Crippen molar-refractivity contribution in [3.63, 3.8) is 0 Å². The largest absolute Gasteiger partial charge is 0.481 e. The maximum Gasteiger partial charge on any atom is 0.306 e. The fraction of sp³-hybridized carbons (Fsp3) is 0.545. The number of carbonyl (C=O) groups is 2. The van der Waals surface area contributed by atoms with Crippen LogP contribution in [0.15, 0.2) is 12.4 Å². The van der Waals surface area contributed by atoms with Gasteiger partial charge in [0.1, 0.15) is 0 Å². The van der Waals surface area contributed by atoms with Crippen LogP contribution in [0, 0.1) is 5.92 Å². The number of nitrogens with zero attached hydrogens (tertiary/aromatic N) is 3. The smallest absolute Gasteiger partial charge is 0.306 e. The van der Waals surface area contributed by atoms with Gasteiger partial charge < -0.3 is 10.0 Å². The van der Waals surface area contributed by atoms with Gasteiger partial charge in [0.15, 0.2) is 0 Å². The molecule has 1 saturated carbocycles. The minimum absolute atomic E-state index is 0.0313. The summed E-state index contributed by atoms with van der Waals surface area (Å²) in [5, 5.41) is 12.7. The summed E-state index contributed by atoms with van der Waals surface area (Å²) in [5.74, 6) is -1.18. The molecule has 1 aliphatic carbocycles. The van der Waals surface area contributed by atoms with Crippen LogP contribution in [0.4, 0.5) is 0 Å². The molecule has 0 unspecified atom stereocenters. The van der Waals surface area contributed by atoms with Crippen LogP contribution in [0.3, 0.4) is 0 Å². The Hall–Kier alpha value is -1.85. The third-order valence-electron chi connectivity index (χ3n) is 3.28. The van der Waals surface area contributed by atoms with E-state index in [1.54, 1.807) is 29.9 Å². The van der Waals surface area contributed by atoms with Crippen LogP contribution in [0.2, 0.25) is 0 Å². The standard InChI is InChI=1S/C11H15N3O3/c1-13-6-8(5-12-13)10(15)14(2)9-3-7(4-9)11(16)17/h5-7,9H,3-4H2,1-2H3,(H,16,17). The molecule has 0 radical (unpaired) electrons. The number of hydrogen-bond donors (Lipinski definition) is 1. The predicted octanol–water partition coefficient (Wildman–Crippen LogP) is 0.355. The second-order valence-electron chi connectivity index (χ2n) is 4.48. The molecule has 0 aliphatic heterocycles. The molecule has 2 rings (SSSR count). The minimum Gasteiger partial charge on any atom is -0.481 e. The lowest BCUT2D eigenvalue weighted by atomic mass is 9.79. The molecule has 0 aromatic carbocycles. The molecular formula is C11H15N3O3. The molecule has 0 bridgehead atoms. The van der Waals surface area contributed by atoms with Crippen LogP contribution in [0.1, 0.15) is 23.2 Å². The maximum absolute atomic E-state index is 12.0. The summed E-state index contributed by atoms with van der Waals surface area (Å²) >= 11 is 0. The van der Waals surface area contributed by atoms with E-state index in [4.69, 9.17) is 5.11 Å². The molecule has 1 aliphatic rings. The average Bonchev–Trinajstić information content (AvgIpc) is 2.60. The van der Waals surface area contributed by atoms with E-state index in [0.29, 0.717) is 18.4 Å². The van der Waals surface area contributed by atoms with Crippen LogP contribution in [0.25, 0.3) is 0 Å².